The zero-order chi connectivity index (χ0) is 10.7. The fourth-order valence-corrected chi connectivity index (χ4v) is 1.32. The third kappa shape index (κ3) is 2.73. The smallest absolute Gasteiger partial charge is 0.309 e. The maximum Gasteiger partial charge on any atom is 0.309 e. The highest BCUT2D eigenvalue weighted by Crippen LogP contribution is 2.23. The molecule has 0 atom stereocenters. The molecule has 0 aliphatic carbocycles. The predicted molar refractivity (Wildman–Crippen MR) is 48.2 cm³/mol. The number of hydrogen-bond donors (Lipinski definition) is 1. The lowest BCUT2D eigenvalue weighted by Crippen LogP contribution is -2.06. The Labute approximate surface area is 86.9 Å². The van der Waals surface area contributed by atoms with E-state index < -0.39 is 18.8 Å². The van der Waals surface area contributed by atoms with Crippen LogP contribution < -0.4 is 0 Å². The van der Waals surface area contributed by atoms with Crippen LogP contribution in [0.15, 0.2) is 16.7 Å². The van der Waals surface area contributed by atoms with Gasteiger partial charge in [-0.2, -0.15) is 0 Å². The van der Waals surface area contributed by atoms with Crippen LogP contribution in [0, 0.1) is 0 Å². The van der Waals surface area contributed by atoms with Crippen molar-refractivity contribution in [2.75, 3.05) is 0 Å². The van der Waals surface area contributed by atoms with Gasteiger partial charge in [0.1, 0.15) is 4.60 Å². The molecule has 1 aromatic rings. The van der Waals surface area contributed by atoms with Crippen LogP contribution in [0.25, 0.3) is 0 Å². The number of carboxylic acid groups (broad SMARTS) is 1. The number of aromatic nitrogens is 1. The van der Waals surface area contributed by atoms with Gasteiger partial charge in [-0.1, -0.05) is 0 Å². The van der Waals surface area contributed by atoms with Gasteiger partial charge in [-0.15, -0.1) is 0 Å². The monoisotopic (exact) mass is 265 g/mol. The third-order valence-corrected chi connectivity index (χ3v) is 1.97. The zero-order valence-corrected chi connectivity index (χ0v) is 8.46. The highest BCUT2D eigenvalue weighted by molar-refractivity contribution is 9.10. The molecule has 1 N–H and O–H groups in total. The number of carbonyl (C=O) groups is 1. The van der Waals surface area contributed by atoms with Crippen molar-refractivity contribution in [3.63, 3.8) is 0 Å². The minimum absolute atomic E-state index is 0.109. The van der Waals surface area contributed by atoms with E-state index in [0.29, 0.717) is 4.60 Å². The number of halogens is 3. The third-order valence-electron chi connectivity index (χ3n) is 1.53. The van der Waals surface area contributed by atoms with Crippen molar-refractivity contribution >= 4 is 21.9 Å². The fraction of sp³-hybridized carbons (Fsp3) is 0.250. The molecular formula is C8H6BrF2NO2. The topological polar surface area (TPSA) is 50.2 Å². The highest BCUT2D eigenvalue weighted by Gasteiger charge is 2.16. The minimum Gasteiger partial charge on any atom is -0.481 e. The first-order valence-corrected chi connectivity index (χ1v) is 4.45. The Kier molecular flexibility index (Phi) is 3.51. The molecule has 0 aliphatic heterocycles. The molecule has 1 aromatic heterocycles. The van der Waals surface area contributed by atoms with Gasteiger partial charge in [-0.3, -0.25) is 4.79 Å². The van der Waals surface area contributed by atoms with Gasteiger partial charge in [0.2, 0.25) is 0 Å². The normalized spacial score (nSPS) is 10.6. The SMILES string of the molecule is O=C(O)Cc1nc(Br)ccc1C(F)F. The van der Waals surface area contributed by atoms with Crippen molar-refractivity contribution in [1.29, 1.82) is 0 Å². The molecular weight excluding hydrogens is 260 g/mol. The summed E-state index contributed by atoms with van der Waals surface area (Å²) in [5.74, 6) is -1.18. The molecule has 76 valence electrons. The summed E-state index contributed by atoms with van der Waals surface area (Å²) < 4.78 is 25.1. The Bertz CT molecular complexity index is 357. The summed E-state index contributed by atoms with van der Waals surface area (Å²) in [6.07, 6.45) is -3.20. The van der Waals surface area contributed by atoms with Gasteiger partial charge in [-0.25, -0.2) is 13.8 Å². The Morgan fingerprint density at radius 2 is 2.21 bits per heavy atom. The van der Waals surface area contributed by atoms with Crippen molar-refractivity contribution < 1.29 is 18.7 Å². The summed E-state index contributed by atoms with van der Waals surface area (Å²) in [6.45, 7) is 0. The van der Waals surface area contributed by atoms with Gasteiger partial charge < -0.3 is 5.11 Å². The number of hydrogen-bond acceptors (Lipinski definition) is 2. The lowest BCUT2D eigenvalue weighted by molar-refractivity contribution is -0.136. The Balaban J connectivity index is 3.09. The van der Waals surface area contributed by atoms with Crippen LogP contribution in [-0.2, 0) is 11.2 Å². The van der Waals surface area contributed by atoms with Gasteiger partial charge in [0.05, 0.1) is 12.1 Å². The molecule has 1 heterocycles. The molecule has 0 bridgehead atoms. The molecule has 0 unspecified atom stereocenters. The van der Waals surface area contributed by atoms with E-state index in [1.165, 1.54) is 12.1 Å². The van der Waals surface area contributed by atoms with Crippen molar-refractivity contribution in [2.24, 2.45) is 0 Å². The molecule has 3 nitrogen and oxygen atoms in total. The van der Waals surface area contributed by atoms with E-state index in [1.54, 1.807) is 0 Å². The average Bonchev–Trinajstić information content (AvgIpc) is 2.01. The van der Waals surface area contributed by atoms with Gasteiger partial charge in [0.25, 0.3) is 6.43 Å². The summed E-state index contributed by atoms with van der Waals surface area (Å²) in [5, 5.41) is 8.46. The first kappa shape index (κ1) is 11.0. The molecule has 6 heteroatoms. The number of aliphatic carboxylic acids is 1. The van der Waals surface area contributed by atoms with Crippen LogP contribution in [0.1, 0.15) is 17.7 Å². The second-order valence-electron chi connectivity index (χ2n) is 2.54. The van der Waals surface area contributed by atoms with Crippen LogP contribution >= 0.6 is 15.9 Å². The lowest BCUT2D eigenvalue weighted by atomic mass is 10.1. The quantitative estimate of drug-likeness (QED) is 0.854. The van der Waals surface area contributed by atoms with Gasteiger partial charge in [-0.05, 0) is 28.1 Å². The maximum absolute atomic E-state index is 12.4. The van der Waals surface area contributed by atoms with E-state index >= 15 is 0 Å². The van der Waals surface area contributed by atoms with Crippen molar-refractivity contribution in [1.82, 2.24) is 4.98 Å². The molecule has 0 saturated carbocycles. The molecule has 0 radical (unpaired) electrons. The van der Waals surface area contributed by atoms with Gasteiger partial charge >= 0.3 is 5.97 Å². The second-order valence-corrected chi connectivity index (χ2v) is 3.35. The molecule has 14 heavy (non-hydrogen) atoms. The van der Waals surface area contributed by atoms with E-state index in [0.717, 1.165) is 0 Å². The first-order valence-electron chi connectivity index (χ1n) is 3.66. The number of carboxylic acids is 1. The highest BCUT2D eigenvalue weighted by atomic mass is 79.9. The second kappa shape index (κ2) is 4.45. The van der Waals surface area contributed by atoms with E-state index in [9.17, 15) is 13.6 Å². The number of pyridine rings is 1. The average molecular weight is 266 g/mol. The molecule has 0 fully saturated rings. The molecule has 0 saturated heterocycles. The Morgan fingerprint density at radius 1 is 1.57 bits per heavy atom. The largest absolute Gasteiger partial charge is 0.481 e. The van der Waals surface area contributed by atoms with Crippen molar-refractivity contribution in [3.8, 4) is 0 Å². The van der Waals surface area contributed by atoms with E-state index in [-0.39, 0.29) is 11.3 Å². The van der Waals surface area contributed by atoms with Crippen LogP contribution in [0.4, 0.5) is 8.78 Å². The summed E-state index contributed by atoms with van der Waals surface area (Å²) in [4.78, 5) is 14.0. The predicted octanol–water partition coefficient (Wildman–Crippen LogP) is 2.41. The van der Waals surface area contributed by atoms with E-state index in [4.69, 9.17) is 5.11 Å². The summed E-state index contributed by atoms with van der Waals surface area (Å²) in [7, 11) is 0. The first-order chi connectivity index (χ1) is 6.50. The molecule has 1 rings (SSSR count). The number of nitrogens with zero attached hydrogens (tertiary/aromatic N) is 1. The maximum atomic E-state index is 12.4. The van der Waals surface area contributed by atoms with Crippen LogP contribution in [0.2, 0.25) is 0 Å². The van der Waals surface area contributed by atoms with E-state index in [2.05, 4.69) is 20.9 Å². The molecule has 0 aromatic carbocycles. The van der Waals surface area contributed by atoms with Crippen LogP contribution in [-0.4, -0.2) is 16.1 Å². The number of rotatable bonds is 3. The zero-order valence-electron chi connectivity index (χ0n) is 6.88. The van der Waals surface area contributed by atoms with E-state index in [1.807, 2.05) is 0 Å². The Morgan fingerprint density at radius 3 is 2.71 bits per heavy atom. The number of alkyl halides is 2. The van der Waals surface area contributed by atoms with Crippen molar-refractivity contribution in [3.05, 3.63) is 28.0 Å². The fourth-order valence-electron chi connectivity index (χ4n) is 0.969. The summed E-state index contributed by atoms with van der Waals surface area (Å²) >= 11 is 2.99. The van der Waals surface area contributed by atoms with Gasteiger partial charge in [0, 0.05) is 5.56 Å². The standard InChI is InChI=1S/C8H6BrF2NO2/c9-6-2-1-4(8(10)11)5(12-6)3-7(13)14/h1-2,8H,3H2,(H,13,14). The van der Waals surface area contributed by atoms with Crippen LogP contribution in [0.3, 0.4) is 0 Å². The lowest BCUT2D eigenvalue weighted by Gasteiger charge is -2.05. The minimum atomic E-state index is -2.70. The van der Waals surface area contributed by atoms with Crippen LogP contribution in [0.5, 0.6) is 0 Å². The Hall–Kier alpha value is -1.04. The molecule has 0 aliphatic rings. The van der Waals surface area contributed by atoms with Gasteiger partial charge in [0.15, 0.2) is 0 Å². The molecule has 0 amide bonds. The summed E-state index contributed by atoms with van der Waals surface area (Å²) in [5.41, 5.74) is -0.447. The van der Waals surface area contributed by atoms with Crippen molar-refractivity contribution in [2.45, 2.75) is 12.8 Å². The summed E-state index contributed by atoms with van der Waals surface area (Å²) in [6, 6.07) is 2.52. The molecule has 0 spiro atoms.